The fourth-order valence-electron chi connectivity index (χ4n) is 2.14. The van der Waals surface area contributed by atoms with Gasteiger partial charge in [-0.05, 0) is 36.8 Å². The van der Waals surface area contributed by atoms with Crippen LogP contribution >= 0.6 is 0 Å². The number of hydrogen-bond acceptors (Lipinski definition) is 5. The van der Waals surface area contributed by atoms with Crippen LogP contribution in [0, 0.1) is 0 Å². The van der Waals surface area contributed by atoms with E-state index < -0.39 is 5.97 Å². The van der Waals surface area contributed by atoms with Gasteiger partial charge in [0, 0.05) is 6.20 Å². The molecule has 0 aliphatic carbocycles. The molecule has 2 aromatic heterocycles. The van der Waals surface area contributed by atoms with Crippen molar-refractivity contribution in [3.63, 3.8) is 0 Å². The van der Waals surface area contributed by atoms with E-state index >= 15 is 0 Å². The second-order valence-electron chi connectivity index (χ2n) is 4.84. The number of fused-ring (bicyclic) bond motifs is 1. The number of ether oxygens (including phenoxy) is 2. The van der Waals surface area contributed by atoms with Crippen LogP contribution in [0.4, 0.5) is 0 Å². The number of benzene rings is 1. The van der Waals surface area contributed by atoms with Gasteiger partial charge in [-0.1, -0.05) is 12.1 Å². The van der Waals surface area contributed by atoms with Gasteiger partial charge in [-0.2, -0.15) is 0 Å². The molecule has 0 fully saturated rings. The summed E-state index contributed by atoms with van der Waals surface area (Å²) in [6.07, 6.45) is 2.81. The third kappa shape index (κ3) is 2.76. The first-order chi connectivity index (χ1) is 10.7. The monoisotopic (exact) mass is 297 g/mol. The Morgan fingerprint density at radius 1 is 1.27 bits per heavy atom. The van der Waals surface area contributed by atoms with Crippen LogP contribution in [0.3, 0.4) is 0 Å². The minimum absolute atomic E-state index is 0.376. The molecule has 112 valence electrons. The first kappa shape index (κ1) is 14.1. The molecule has 0 N–H and O–H groups in total. The normalized spacial score (nSPS) is 12.1. The van der Waals surface area contributed by atoms with Gasteiger partial charge >= 0.3 is 5.97 Å². The highest BCUT2D eigenvalue weighted by molar-refractivity contribution is 5.89. The van der Waals surface area contributed by atoms with Gasteiger partial charge in [-0.3, -0.25) is 4.40 Å². The number of carbonyl (C=O) groups is 1. The number of pyridine rings is 1. The van der Waals surface area contributed by atoms with Gasteiger partial charge < -0.3 is 9.47 Å². The fraction of sp³-hybridized carbons (Fsp3) is 0.188. The SMILES string of the molecule is COc1cccc(C(C)OC(=O)c2ccc3nncn3c2)c1. The number of aromatic nitrogens is 3. The lowest BCUT2D eigenvalue weighted by atomic mass is 10.1. The molecule has 0 amide bonds. The molecule has 1 atom stereocenters. The van der Waals surface area contributed by atoms with Crippen LogP contribution in [0.15, 0.2) is 48.9 Å². The summed E-state index contributed by atoms with van der Waals surface area (Å²) in [6, 6.07) is 10.8. The molecular formula is C16H15N3O3. The average Bonchev–Trinajstić information content (AvgIpc) is 3.02. The van der Waals surface area contributed by atoms with E-state index in [-0.39, 0.29) is 6.10 Å². The number of carbonyl (C=O) groups excluding carboxylic acids is 1. The Kier molecular flexibility index (Phi) is 3.74. The Balaban J connectivity index is 1.77. The van der Waals surface area contributed by atoms with Crippen molar-refractivity contribution in [3.05, 3.63) is 60.0 Å². The van der Waals surface area contributed by atoms with Crippen molar-refractivity contribution in [3.8, 4) is 5.75 Å². The molecule has 6 heteroatoms. The van der Waals surface area contributed by atoms with Crippen LogP contribution < -0.4 is 4.74 Å². The number of nitrogens with zero attached hydrogens (tertiary/aromatic N) is 3. The fourth-order valence-corrected chi connectivity index (χ4v) is 2.14. The lowest BCUT2D eigenvalue weighted by molar-refractivity contribution is 0.0337. The van der Waals surface area contributed by atoms with Gasteiger partial charge in [0.25, 0.3) is 0 Å². The molecule has 1 aromatic carbocycles. The topological polar surface area (TPSA) is 65.7 Å². The molecule has 3 rings (SSSR count). The summed E-state index contributed by atoms with van der Waals surface area (Å²) in [5.74, 6) is 0.331. The van der Waals surface area contributed by atoms with E-state index in [1.807, 2.05) is 31.2 Å². The van der Waals surface area contributed by atoms with Gasteiger partial charge in [0.05, 0.1) is 12.7 Å². The molecular weight excluding hydrogens is 282 g/mol. The number of esters is 1. The molecule has 0 saturated carbocycles. The molecule has 2 heterocycles. The molecule has 0 aliphatic heterocycles. The summed E-state index contributed by atoms with van der Waals surface area (Å²) < 4.78 is 12.3. The Morgan fingerprint density at radius 2 is 2.14 bits per heavy atom. The zero-order chi connectivity index (χ0) is 15.5. The van der Waals surface area contributed by atoms with Gasteiger partial charge in [-0.25, -0.2) is 4.79 Å². The molecule has 0 saturated heterocycles. The summed E-state index contributed by atoms with van der Waals surface area (Å²) in [5, 5.41) is 7.67. The Hall–Kier alpha value is -2.89. The third-order valence-electron chi connectivity index (χ3n) is 3.37. The van der Waals surface area contributed by atoms with Gasteiger partial charge in [-0.15, -0.1) is 10.2 Å². The summed E-state index contributed by atoms with van der Waals surface area (Å²) in [4.78, 5) is 12.2. The summed E-state index contributed by atoms with van der Waals surface area (Å²) in [5.41, 5.74) is 2.00. The van der Waals surface area contributed by atoms with Crippen LogP contribution in [-0.2, 0) is 4.74 Å². The van der Waals surface area contributed by atoms with Crippen molar-refractivity contribution in [1.82, 2.24) is 14.6 Å². The van der Waals surface area contributed by atoms with Gasteiger partial charge in [0.2, 0.25) is 0 Å². The van der Waals surface area contributed by atoms with E-state index in [1.54, 1.807) is 29.8 Å². The van der Waals surface area contributed by atoms with Crippen LogP contribution in [-0.4, -0.2) is 27.7 Å². The number of rotatable bonds is 4. The maximum atomic E-state index is 12.2. The molecule has 0 bridgehead atoms. The third-order valence-corrected chi connectivity index (χ3v) is 3.37. The van der Waals surface area contributed by atoms with Crippen molar-refractivity contribution in [2.75, 3.05) is 7.11 Å². The van der Waals surface area contributed by atoms with Gasteiger partial charge in [0.15, 0.2) is 5.65 Å². The van der Waals surface area contributed by atoms with Crippen molar-refractivity contribution < 1.29 is 14.3 Å². The highest BCUT2D eigenvalue weighted by Crippen LogP contribution is 2.22. The smallest absolute Gasteiger partial charge is 0.340 e. The van der Waals surface area contributed by atoms with Crippen molar-refractivity contribution in [2.45, 2.75) is 13.0 Å². The number of hydrogen-bond donors (Lipinski definition) is 0. The first-order valence-electron chi connectivity index (χ1n) is 6.81. The van der Waals surface area contributed by atoms with Crippen LogP contribution in [0.1, 0.15) is 28.9 Å². The molecule has 3 aromatic rings. The summed E-state index contributed by atoms with van der Waals surface area (Å²) in [7, 11) is 1.60. The van der Waals surface area contributed by atoms with Crippen molar-refractivity contribution in [1.29, 1.82) is 0 Å². The second kappa shape index (κ2) is 5.85. The number of methoxy groups -OCH3 is 1. The molecule has 0 spiro atoms. The molecule has 0 aliphatic rings. The largest absolute Gasteiger partial charge is 0.497 e. The van der Waals surface area contributed by atoms with E-state index in [9.17, 15) is 4.79 Å². The second-order valence-corrected chi connectivity index (χ2v) is 4.84. The van der Waals surface area contributed by atoms with Crippen LogP contribution in [0.2, 0.25) is 0 Å². The highest BCUT2D eigenvalue weighted by Gasteiger charge is 2.15. The van der Waals surface area contributed by atoms with E-state index in [2.05, 4.69) is 10.2 Å². The average molecular weight is 297 g/mol. The summed E-state index contributed by atoms with van der Waals surface area (Å²) in [6.45, 7) is 1.82. The minimum Gasteiger partial charge on any atom is -0.497 e. The molecule has 22 heavy (non-hydrogen) atoms. The maximum Gasteiger partial charge on any atom is 0.340 e. The Bertz CT molecular complexity index is 813. The van der Waals surface area contributed by atoms with E-state index in [0.717, 1.165) is 11.3 Å². The van der Waals surface area contributed by atoms with E-state index in [0.29, 0.717) is 11.2 Å². The lowest BCUT2D eigenvalue weighted by Crippen LogP contribution is -2.10. The van der Waals surface area contributed by atoms with Crippen molar-refractivity contribution >= 4 is 11.6 Å². The van der Waals surface area contributed by atoms with Crippen LogP contribution in [0.25, 0.3) is 5.65 Å². The lowest BCUT2D eigenvalue weighted by Gasteiger charge is -2.14. The summed E-state index contributed by atoms with van der Waals surface area (Å²) >= 11 is 0. The molecule has 0 radical (unpaired) electrons. The predicted molar refractivity (Wildman–Crippen MR) is 79.8 cm³/mol. The van der Waals surface area contributed by atoms with Crippen molar-refractivity contribution in [2.24, 2.45) is 0 Å². The quantitative estimate of drug-likeness (QED) is 0.693. The standard InChI is InChI=1S/C16H15N3O3/c1-11(12-4-3-5-14(8-12)21-2)22-16(20)13-6-7-15-18-17-10-19(15)9-13/h3-11H,1-2H3. The zero-order valence-electron chi connectivity index (χ0n) is 12.3. The molecule has 1 unspecified atom stereocenters. The Morgan fingerprint density at radius 3 is 2.95 bits per heavy atom. The highest BCUT2D eigenvalue weighted by atomic mass is 16.5. The van der Waals surface area contributed by atoms with Crippen LogP contribution in [0.5, 0.6) is 5.75 Å². The maximum absolute atomic E-state index is 12.2. The Labute approximate surface area is 127 Å². The zero-order valence-corrected chi connectivity index (χ0v) is 12.3. The van der Waals surface area contributed by atoms with E-state index in [1.165, 1.54) is 6.33 Å². The predicted octanol–water partition coefficient (Wildman–Crippen LogP) is 2.66. The molecule has 6 nitrogen and oxygen atoms in total. The minimum atomic E-state index is -0.397. The van der Waals surface area contributed by atoms with E-state index in [4.69, 9.17) is 9.47 Å². The first-order valence-corrected chi connectivity index (χ1v) is 6.81. The van der Waals surface area contributed by atoms with Gasteiger partial charge in [0.1, 0.15) is 18.2 Å².